The van der Waals surface area contributed by atoms with Crippen molar-refractivity contribution in [3.8, 4) is 0 Å². The van der Waals surface area contributed by atoms with E-state index in [-0.39, 0.29) is 36.2 Å². The van der Waals surface area contributed by atoms with Crippen LogP contribution in [0.25, 0.3) is 0 Å². The number of carboxylic acid groups (broad SMARTS) is 1. The first-order valence-electron chi connectivity index (χ1n) is 24.6. The van der Waals surface area contributed by atoms with Crippen molar-refractivity contribution >= 4 is 11.9 Å². The van der Waals surface area contributed by atoms with Crippen molar-refractivity contribution < 1.29 is 104 Å². The van der Waals surface area contributed by atoms with Gasteiger partial charge in [0.1, 0.15) is 67.1 Å². The van der Waals surface area contributed by atoms with E-state index in [1.54, 1.807) is 6.92 Å². The Morgan fingerprint density at radius 3 is 1.84 bits per heavy atom. The molecule has 5 aliphatic carbocycles. The largest absolute Gasteiger partial charge is 0.479 e. The predicted octanol–water partition coefficient (Wildman–Crippen LogP) is -1.82. The number of aliphatic hydroxyl groups excluding tert-OH is 12. The lowest BCUT2D eigenvalue weighted by Gasteiger charge is -2.71. The molecule has 21 nitrogen and oxygen atoms in total. The fourth-order valence-corrected chi connectivity index (χ4v) is 15.1. The molecule has 0 amide bonds. The van der Waals surface area contributed by atoms with Gasteiger partial charge < -0.3 is 94.8 Å². The lowest BCUT2D eigenvalue weighted by molar-refractivity contribution is -0.375. The van der Waals surface area contributed by atoms with Crippen LogP contribution in [-0.2, 0) is 38.0 Å². The molecule has 0 unspecified atom stereocenters. The minimum Gasteiger partial charge on any atom is -0.479 e. The third-order valence-electron chi connectivity index (χ3n) is 19.8. The van der Waals surface area contributed by atoms with Crippen LogP contribution in [0.4, 0.5) is 0 Å². The second-order valence-corrected chi connectivity index (χ2v) is 23.3. The lowest BCUT2D eigenvalue weighted by atomic mass is 9.33. The van der Waals surface area contributed by atoms with Crippen LogP contribution in [-0.4, -0.2) is 202 Å². The molecule has 8 rings (SSSR count). The van der Waals surface area contributed by atoms with Crippen molar-refractivity contribution in [1.29, 1.82) is 0 Å². The number of carboxylic acids is 1. The minimum absolute atomic E-state index is 0.0753. The summed E-state index contributed by atoms with van der Waals surface area (Å²) in [4.78, 5) is 26.5. The molecule has 69 heavy (non-hydrogen) atoms. The summed E-state index contributed by atoms with van der Waals surface area (Å²) in [5.41, 5.74) is -2.76. The molecule has 0 aromatic carbocycles. The van der Waals surface area contributed by atoms with Crippen molar-refractivity contribution in [2.45, 2.75) is 204 Å². The predicted molar refractivity (Wildman–Crippen MR) is 234 cm³/mol. The van der Waals surface area contributed by atoms with Crippen LogP contribution in [0.2, 0.25) is 0 Å². The molecule has 0 spiro atoms. The number of hydrogen-bond donors (Lipinski definition) is 13. The van der Waals surface area contributed by atoms with Gasteiger partial charge in [-0.15, -0.1) is 0 Å². The molecule has 3 heterocycles. The molecule has 26 atom stereocenters. The molecule has 3 aliphatic heterocycles. The third kappa shape index (κ3) is 8.16. The highest BCUT2D eigenvalue weighted by molar-refractivity contribution is 5.77. The number of ether oxygens (including phenoxy) is 6. The Morgan fingerprint density at radius 2 is 1.25 bits per heavy atom. The molecule has 0 radical (unpaired) electrons. The molecule has 394 valence electrons. The first kappa shape index (κ1) is 53.3. The average molecular weight is 989 g/mol. The Morgan fingerprint density at radius 1 is 0.638 bits per heavy atom. The van der Waals surface area contributed by atoms with Gasteiger partial charge in [-0.05, 0) is 98.7 Å². The van der Waals surface area contributed by atoms with Gasteiger partial charge in [0.25, 0.3) is 0 Å². The van der Waals surface area contributed by atoms with E-state index in [4.69, 9.17) is 28.4 Å². The standard InChI is InChI=1S/C48H76O21/c1-43(42(63)69-40-35(60)31(56)29(54)23(18-50)65-40)15-21-20-7-8-25-45(3)11-10-27(46(4,19-51)24(45)9-12-48(25,6)47(20,5)14-13-44(21,2)26(52)16-43)66-41-37(33(58)32(57)36(67-41)38(61)62)68-39-34(59)30(55)28(53)22(17-49)64-39/h7,21-37,39-41,49-60H,8-19H2,1-6H3,(H,61,62)/t21-,22+,23+,24+,25+,26+,27-,28+,29+,30-,31-,32-,33-,34+,35+,36-,37+,39-,40-,41+,43-,44+,45-,46+,47+,48+/m0/s1. The Kier molecular flexibility index (Phi) is 14.5. The van der Waals surface area contributed by atoms with E-state index in [1.807, 2.05) is 6.92 Å². The van der Waals surface area contributed by atoms with Crippen molar-refractivity contribution in [2.24, 2.45) is 50.2 Å². The van der Waals surface area contributed by atoms with Gasteiger partial charge in [0, 0.05) is 10.8 Å². The molecule has 7 fully saturated rings. The van der Waals surface area contributed by atoms with Crippen molar-refractivity contribution in [3.05, 3.63) is 11.6 Å². The first-order chi connectivity index (χ1) is 32.2. The number of aliphatic hydroxyl groups is 12. The second kappa shape index (κ2) is 18.7. The maximum Gasteiger partial charge on any atom is 0.335 e. The van der Waals surface area contributed by atoms with Gasteiger partial charge in [-0.2, -0.15) is 0 Å². The van der Waals surface area contributed by atoms with Gasteiger partial charge in [-0.1, -0.05) is 46.3 Å². The summed E-state index contributed by atoms with van der Waals surface area (Å²) in [6.45, 7) is 10.7. The average Bonchev–Trinajstić information content (AvgIpc) is 3.30. The maximum atomic E-state index is 14.2. The van der Waals surface area contributed by atoms with E-state index >= 15 is 0 Å². The Labute approximate surface area is 400 Å². The number of esters is 1. The summed E-state index contributed by atoms with van der Waals surface area (Å²) in [7, 11) is 0. The molecule has 3 saturated heterocycles. The van der Waals surface area contributed by atoms with Gasteiger partial charge >= 0.3 is 11.9 Å². The number of carbonyl (C=O) groups is 2. The van der Waals surface area contributed by atoms with E-state index in [1.165, 1.54) is 5.57 Å². The number of carbonyl (C=O) groups excluding carboxylic acids is 1. The fourth-order valence-electron chi connectivity index (χ4n) is 15.1. The molecule has 0 aromatic heterocycles. The van der Waals surface area contributed by atoms with Crippen molar-refractivity contribution in [1.82, 2.24) is 0 Å². The Bertz CT molecular complexity index is 1940. The van der Waals surface area contributed by atoms with Crippen molar-refractivity contribution in [2.75, 3.05) is 19.8 Å². The number of allylic oxidation sites excluding steroid dienone is 2. The van der Waals surface area contributed by atoms with Gasteiger partial charge in [-0.3, -0.25) is 4.79 Å². The van der Waals surface area contributed by atoms with Gasteiger partial charge in [0.2, 0.25) is 6.29 Å². The monoisotopic (exact) mass is 988 g/mol. The van der Waals surface area contributed by atoms with Crippen LogP contribution >= 0.6 is 0 Å². The normalized spacial score (nSPS) is 55.3. The molecular weight excluding hydrogens is 913 g/mol. The number of rotatable bonds is 10. The lowest BCUT2D eigenvalue weighted by Crippen LogP contribution is -2.68. The molecule has 0 bridgehead atoms. The zero-order chi connectivity index (χ0) is 50.7. The van der Waals surface area contributed by atoms with E-state index in [0.29, 0.717) is 38.5 Å². The summed E-state index contributed by atoms with van der Waals surface area (Å²) >= 11 is 0. The SMILES string of the molecule is C[C@@]1(C(=O)O[C@@H]2O[C@H](CO)[C@@H](O)[C@H](O)[C@H]2O)C[C@@H](O)[C@]2(C)CC[C@]3(C)C(=CC[C@@H]4[C@@]5(C)CC[C@H](O[C@@H]6O[C@H](C(=O)O)[C@@H](O)[C@H](O)[C@H]6O[C@@H]6O[C@H](CO)[C@@H](O)[C@H](O)[C@H]6O)[C@](C)(CO)[C@@H]5CC[C@]43C)[C@@H]2C1. The summed E-state index contributed by atoms with van der Waals surface area (Å²) in [5, 5.41) is 138. The molecule has 8 aliphatic rings. The Balaban J connectivity index is 1.05. The number of aliphatic carboxylic acids is 1. The Hall–Kier alpha value is -2.00. The van der Waals surface area contributed by atoms with Crippen molar-refractivity contribution in [3.63, 3.8) is 0 Å². The van der Waals surface area contributed by atoms with Crippen LogP contribution in [0.5, 0.6) is 0 Å². The number of hydrogen-bond acceptors (Lipinski definition) is 20. The zero-order valence-corrected chi connectivity index (χ0v) is 40.2. The highest BCUT2D eigenvalue weighted by Crippen LogP contribution is 2.76. The summed E-state index contributed by atoms with van der Waals surface area (Å²) in [6, 6.07) is 0. The molecule has 0 aromatic rings. The van der Waals surface area contributed by atoms with Gasteiger partial charge in [0.15, 0.2) is 18.7 Å². The quantitative estimate of drug-likeness (QED) is 0.0651. The highest BCUT2D eigenvalue weighted by Gasteiger charge is 2.70. The molecule has 13 N–H and O–H groups in total. The van der Waals surface area contributed by atoms with Gasteiger partial charge in [-0.25, -0.2) is 4.79 Å². The molecule has 4 saturated carbocycles. The summed E-state index contributed by atoms with van der Waals surface area (Å²) in [6.07, 6.45) is -20.8. The highest BCUT2D eigenvalue weighted by atomic mass is 16.8. The van der Waals surface area contributed by atoms with E-state index in [9.17, 15) is 76.0 Å². The molecule has 21 heteroatoms. The molecular formula is C48H76O21. The number of fused-ring (bicyclic) bond motifs is 7. The van der Waals surface area contributed by atoms with Crippen LogP contribution in [0.3, 0.4) is 0 Å². The van der Waals surface area contributed by atoms with E-state index in [0.717, 1.165) is 12.8 Å². The van der Waals surface area contributed by atoms with E-state index < -0.39 is 157 Å². The smallest absolute Gasteiger partial charge is 0.335 e. The fraction of sp³-hybridized carbons (Fsp3) is 0.917. The second-order valence-electron chi connectivity index (χ2n) is 23.3. The maximum absolute atomic E-state index is 14.2. The summed E-state index contributed by atoms with van der Waals surface area (Å²) in [5.74, 6) is -2.69. The van der Waals surface area contributed by atoms with Gasteiger partial charge in [0.05, 0.1) is 37.4 Å². The third-order valence-corrected chi connectivity index (χ3v) is 19.8. The first-order valence-corrected chi connectivity index (χ1v) is 24.6. The van der Waals surface area contributed by atoms with Crippen LogP contribution in [0.15, 0.2) is 11.6 Å². The van der Waals surface area contributed by atoms with Crippen LogP contribution in [0.1, 0.15) is 99.3 Å². The van der Waals surface area contributed by atoms with Crippen LogP contribution in [0, 0.1) is 50.2 Å². The zero-order valence-electron chi connectivity index (χ0n) is 40.2. The topological polar surface area (TPSA) is 353 Å². The minimum atomic E-state index is -2.04. The van der Waals surface area contributed by atoms with E-state index in [2.05, 4.69) is 33.8 Å². The summed E-state index contributed by atoms with van der Waals surface area (Å²) < 4.78 is 35.1. The van der Waals surface area contributed by atoms with Crippen LogP contribution < -0.4 is 0 Å².